The van der Waals surface area contributed by atoms with Crippen LogP contribution in [0.5, 0.6) is 0 Å². The molecule has 1 amide bonds. The van der Waals surface area contributed by atoms with E-state index in [1.165, 1.54) is 6.07 Å². The largest absolute Gasteiger partial charge is 0.481 e. The van der Waals surface area contributed by atoms with Crippen LogP contribution in [-0.4, -0.2) is 40.5 Å². The molecule has 10 heteroatoms. The molecule has 1 aliphatic heterocycles. The number of benzene rings is 2. The van der Waals surface area contributed by atoms with Crippen molar-refractivity contribution in [1.29, 1.82) is 0 Å². The zero-order chi connectivity index (χ0) is 27.4. The second-order valence-corrected chi connectivity index (χ2v) is 10.1. The highest BCUT2D eigenvalue weighted by molar-refractivity contribution is 5.83. The molecule has 1 heterocycles. The number of fused-ring (bicyclic) bond motifs is 1. The smallest absolute Gasteiger partial charge is 0.419 e. The minimum atomic E-state index is -4.83. The molecule has 4 rings (SSSR count). The summed E-state index contributed by atoms with van der Waals surface area (Å²) in [5.41, 5.74) is 0.894. The summed E-state index contributed by atoms with van der Waals surface area (Å²) in [6.07, 6.45) is -2.51. The number of carboxylic acid groups (broad SMARTS) is 1. The van der Waals surface area contributed by atoms with E-state index in [9.17, 15) is 31.9 Å². The maximum absolute atomic E-state index is 14.3. The molecule has 6 nitrogen and oxygen atoms in total. The van der Waals surface area contributed by atoms with Crippen molar-refractivity contribution in [3.05, 3.63) is 70.0 Å². The van der Waals surface area contributed by atoms with Crippen molar-refractivity contribution in [2.45, 2.75) is 70.2 Å². The van der Waals surface area contributed by atoms with Crippen LogP contribution in [0.3, 0.4) is 0 Å². The van der Waals surface area contributed by atoms with Gasteiger partial charge in [-0.15, -0.1) is 0 Å². The van der Waals surface area contributed by atoms with Crippen LogP contribution in [-0.2, 0) is 46.3 Å². The first-order chi connectivity index (χ1) is 18.0. The normalized spacial score (nSPS) is 19.5. The van der Waals surface area contributed by atoms with Gasteiger partial charge in [-0.2, -0.15) is 13.2 Å². The van der Waals surface area contributed by atoms with Crippen LogP contribution in [0, 0.1) is 11.7 Å². The molecule has 1 fully saturated rings. The molecule has 204 valence electrons. The standard InChI is InChI=1S/C28H29F4NO5/c29-26-20(2-1-3-24(26)28(30,31)32)15-22(34)13-18-4-7-21-16-33(11-10-19(21)12-18)27(37)38-23-8-5-17(6-9-23)14-25(35)36/h1-4,7,12,17,23H,5-6,8-11,13-16H2,(H,35,36). The lowest BCUT2D eigenvalue weighted by Crippen LogP contribution is -2.39. The Morgan fingerprint density at radius 1 is 1.00 bits per heavy atom. The Balaban J connectivity index is 1.30. The maximum Gasteiger partial charge on any atom is 0.419 e. The van der Waals surface area contributed by atoms with Gasteiger partial charge in [0, 0.05) is 32.4 Å². The van der Waals surface area contributed by atoms with Gasteiger partial charge in [-0.25, -0.2) is 9.18 Å². The lowest BCUT2D eigenvalue weighted by molar-refractivity contribution is -0.140. The summed E-state index contributed by atoms with van der Waals surface area (Å²) < 4.78 is 58.8. The average Bonchev–Trinajstić information content (AvgIpc) is 2.85. The number of ketones is 1. The third-order valence-corrected chi connectivity index (χ3v) is 7.24. The highest BCUT2D eigenvalue weighted by Crippen LogP contribution is 2.33. The highest BCUT2D eigenvalue weighted by atomic mass is 19.4. The predicted octanol–water partition coefficient (Wildman–Crippen LogP) is 5.73. The Labute approximate surface area is 217 Å². The second-order valence-electron chi connectivity index (χ2n) is 10.1. The van der Waals surface area contributed by atoms with Gasteiger partial charge in [0.05, 0.1) is 5.56 Å². The molecule has 0 saturated heterocycles. The molecule has 0 aromatic heterocycles. The van der Waals surface area contributed by atoms with E-state index in [0.29, 0.717) is 44.0 Å². The molecule has 0 spiro atoms. The molecule has 1 N–H and O–H groups in total. The summed E-state index contributed by atoms with van der Waals surface area (Å²) in [4.78, 5) is 37.7. The van der Waals surface area contributed by atoms with Gasteiger partial charge in [0.1, 0.15) is 17.7 Å². The Bertz CT molecular complexity index is 1200. The number of alkyl halides is 3. The van der Waals surface area contributed by atoms with Crippen LogP contribution in [0.25, 0.3) is 0 Å². The van der Waals surface area contributed by atoms with E-state index in [2.05, 4.69) is 0 Å². The molecule has 1 aliphatic carbocycles. The van der Waals surface area contributed by atoms with Gasteiger partial charge in [-0.1, -0.05) is 30.3 Å². The number of hydrogen-bond donors (Lipinski definition) is 1. The summed E-state index contributed by atoms with van der Waals surface area (Å²) >= 11 is 0. The SMILES string of the molecule is O=C(O)CC1CCC(OC(=O)N2CCc3cc(CC(=O)Cc4cccc(C(F)(F)F)c4F)ccc3C2)CC1. The van der Waals surface area contributed by atoms with Gasteiger partial charge >= 0.3 is 18.2 Å². The number of carbonyl (C=O) groups excluding carboxylic acids is 2. The van der Waals surface area contributed by atoms with Gasteiger partial charge in [-0.3, -0.25) is 9.59 Å². The van der Waals surface area contributed by atoms with Gasteiger partial charge in [0.2, 0.25) is 0 Å². The maximum atomic E-state index is 14.3. The number of aliphatic carboxylic acids is 1. The fourth-order valence-corrected chi connectivity index (χ4v) is 5.23. The Hall–Kier alpha value is -3.43. The van der Waals surface area contributed by atoms with Gasteiger partial charge < -0.3 is 14.7 Å². The van der Waals surface area contributed by atoms with Crippen molar-refractivity contribution in [2.24, 2.45) is 5.92 Å². The number of carbonyl (C=O) groups is 3. The number of nitrogens with zero attached hydrogens (tertiary/aromatic N) is 1. The van der Waals surface area contributed by atoms with Gasteiger partial charge in [0.25, 0.3) is 0 Å². The third-order valence-electron chi connectivity index (χ3n) is 7.24. The number of Topliss-reactive ketones (excluding diaryl/α,β-unsaturated/α-hetero) is 1. The summed E-state index contributed by atoms with van der Waals surface area (Å²) in [5, 5.41) is 8.93. The van der Waals surface area contributed by atoms with E-state index in [4.69, 9.17) is 9.84 Å². The van der Waals surface area contributed by atoms with Crippen LogP contribution in [0.2, 0.25) is 0 Å². The van der Waals surface area contributed by atoms with E-state index in [1.54, 1.807) is 11.0 Å². The van der Waals surface area contributed by atoms with Crippen LogP contribution in [0.1, 0.15) is 59.9 Å². The van der Waals surface area contributed by atoms with Crippen molar-refractivity contribution in [1.82, 2.24) is 4.90 Å². The van der Waals surface area contributed by atoms with E-state index < -0.39 is 41.8 Å². The van der Waals surface area contributed by atoms with E-state index in [1.807, 2.05) is 12.1 Å². The fraction of sp³-hybridized carbons (Fsp3) is 0.464. The number of hydrogen-bond acceptors (Lipinski definition) is 4. The minimum absolute atomic E-state index is 0.0424. The van der Waals surface area contributed by atoms with E-state index >= 15 is 0 Å². The molecule has 2 aromatic carbocycles. The molecule has 0 atom stereocenters. The molecular formula is C28H29F4NO5. The second kappa shape index (κ2) is 11.5. The Morgan fingerprint density at radius 2 is 1.74 bits per heavy atom. The average molecular weight is 536 g/mol. The van der Waals surface area contributed by atoms with Crippen molar-refractivity contribution in [3.63, 3.8) is 0 Å². The summed E-state index contributed by atoms with van der Waals surface area (Å²) in [5.74, 6) is -2.51. The molecule has 38 heavy (non-hydrogen) atoms. The Kier molecular flexibility index (Phi) is 8.38. The molecular weight excluding hydrogens is 506 g/mol. The molecule has 0 bridgehead atoms. The highest BCUT2D eigenvalue weighted by Gasteiger charge is 2.35. The number of carboxylic acids is 1. The van der Waals surface area contributed by atoms with E-state index in [0.717, 1.165) is 30.0 Å². The number of amides is 1. The lowest BCUT2D eigenvalue weighted by atomic mass is 9.85. The zero-order valence-electron chi connectivity index (χ0n) is 20.7. The fourth-order valence-electron chi connectivity index (χ4n) is 5.23. The topological polar surface area (TPSA) is 83.9 Å². The predicted molar refractivity (Wildman–Crippen MR) is 129 cm³/mol. The molecule has 0 radical (unpaired) electrons. The van der Waals surface area contributed by atoms with Gasteiger partial charge in [0.15, 0.2) is 0 Å². The van der Waals surface area contributed by atoms with Crippen molar-refractivity contribution < 1.29 is 41.8 Å². The molecule has 2 aromatic rings. The van der Waals surface area contributed by atoms with E-state index in [-0.39, 0.29) is 30.4 Å². The first-order valence-corrected chi connectivity index (χ1v) is 12.6. The zero-order valence-corrected chi connectivity index (χ0v) is 20.7. The summed E-state index contributed by atoms with van der Waals surface area (Å²) in [7, 11) is 0. The van der Waals surface area contributed by atoms with Crippen LogP contribution >= 0.6 is 0 Å². The summed E-state index contributed by atoms with van der Waals surface area (Å²) in [6, 6.07) is 8.33. The monoisotopic (exact) mass is 535 g/mol. The number of rotatable bonds is 7. The van der Waals surface area contributed by atoms with Crippen molar-refractivity contribution >= 4 is 17.8 Å². The minimum Gasteiger partial charge on any atom is -0.481 e. The van der Waals surface area contributed by atoms with Crippen LogP contribution < -0.4 is 0 Å². The number of halogens is 4. The first-order valence-electron chi connectivity index (χ1n) is 12.6. The quantitative estimate of drug-likeness (QED) is 0.458. The van der Waals surface area contributed by atoms with Crippen molar-refractivity contribution in [3.8, 4) is 0 Å². The molecule has 1 saturated carbocycles. The molecule has 2 aliphatic rings. The molecule has 0 unspecified atom stereocenters. The first kappa shape index (κ1) is 27.6. The lowest BCUT2D eigenvalue weighted by Gasteiger charge is -2.32. The summed E-state index contributed by atoms with van der Waals surface area (Å²) in [6.45, 7) is 0.791. The number of ether oxygens (including phenoxy) is 1. The van der Waals surface area contributed by atoms with Gasteiger partial charge in [-0.05, 0) is 66.3 Å². The van der Waals surface area contributed by atoms with Crippen LogP contribution in [0.4, 0.5) is 22.4 Å². The Morgan fingerprint density at radius 3 is 2.42 bits per heavy atom. The third kappa shape index (κ3) is 6.90. The van der Waals surface area contributed by atoms with Crippen LogP contribution in [0.15, 0.2) is 36.4 Å². The van der Waals surface area contributed by atoms with Crippen molar-refractivity contribution in [2.75, 3.05) is 6.54 Å².